The number of likely N-dealkylation sites (tertiary alicyclic amines) is 1. The first kappa shape index (κ1) is 12.2. The molecule has 1 fully saturated rings. The van der Waals surface area contributed by atoms with Crippen molar-refractivity contribution in [3.8, 4) is 0 Å². The molecule has 1 aliphatic rings. The minimum atomic E-state index is -0.619. The second-order valence-corrected chi connectivity index (χ2v) is 5.05. The van der Waals surface area contributed by atoms with Gasteiger partial charge in [0.15, 0.2) is 0 Å². The summed E-state index contributed by atoms with van der Waals surface area (Å²) in [5, 5.41) is 8.83. The van der Waals surface area contributed by atoms with Gasteiger partial charge in [0.1, 0.15) is 0 Å². The molecule has 0 aromatic heterocycles. The Labute approximate surface area is 99.0 Å². The molecule has 0 spiro atoms. The molecular weight excluding hydrogens is 293 g/mol. The molecule has 1 aliphatic heterocycles. The summed E-state index contributed by atoms with van der Waals surface area (Å²) >= 11 is 2.40. The molecule has 3 nitrogen and oxygen atoms in total. The van der Waals surface area contributed by atoms with Crippen LogP contribution in [-0.4, -0.2) is 40.0 Å². The lowest BCUT2D eigenvalue weighted by Gasteiger charge is -2.31. The third-order valence-electron chi connectivity index (χ3n) is 2.77. The molecule has 0 bridgehead atoms. The van der Waals surface area contributed by atoms with E-state index in [2.05, 4.69) is 34.4 Å². The van der Waals surface area contributed by atoms with E-state index in [0.29, 0.717) is 0 Å². The molecule has 82 valence electrons. The Kier molecular flexibility index (Phi) is 5.15. The standard InChI is InChI=1S/C10H18INO2/c1-8(6-11)7-12-4-2-9(3-5-12)10(13)14/h8-9H,2-7H2,1H3,(H,13,14)/t8-/m1/s1. The summed E-state index contributed by atoms with van der Waals surface area (Å²) in [7, 11) is 0. The fourth-order valence-corrected chi connectivity index (χ4v) is 2.13. The van der Waals surface area contributed by atoms with Crippen LogP contribution in [0.2, 0.25) is 0 Å². The smallest absolute Gasteiger partial charge is 0.306 e. The van der Waals surface area contributed by atoms with Crippen LogP contribution in [0.4, 0.5) is 0 Å². The van der Waals surface area contributed by atoms with Crippen molar-refractivity contribution in [2.45, 2.75) is 19.8 Å². The lowest BCUT2D eigenvalue weighted by Crippen LogP contribution is -2.38. The van der Waals surface area contributed by atoms with Crippen molar-refractivity contribution in [3.63, 3.8) is 0 Å². The Bertz CT molecular complexity index is 191. The van der Waals surface area contributed by atoms with E-state index in [1.54, 1.807) is 0 Å². The van der Waals surface area contributed by atoms with Crippen LogP contribution in [0, 0.1) is 11.8 Å². The van der Waals surface area contributed by atoms with E-state index in [0.717, 1.165) is 38.4 Å². The van der Waals surface area contributed by atoms with E-state index in [1.807, 2.05) is 0 Å². The van der Waals surface area contributed by atoms with Gasteiger partial charge in [0.2, 0.25) is 0 Å². The quantitative estimate of drug-likeness (QED) is 0.636. The largest absolute Gasteiger partial charge is 0.481 e. The summed E-state index contributed by atoms with van der Waals surface area (Å²) < 4.78 is 1.18. The zero-order valence-electron chi connectivity index (χ0n) is 8.58. The molecule has 14 heavy (non-hydrogen) atoms. The zero-order valence-corrected chi connectivity index (χ0v) is 10.7. The number of halogens is 1. The first-order valence-corrected chi connectivity index (χ1v) is 6.67. The fraction of sp³-hybridized carbons (Fsp3) is 0.900. The Balaban J connectivity index is 2.25. The third kappa shape index (κ3) is 3.73. The van der Waals surface area contributed by atoms with Crippen molar-refractivity contribution in [2.75, 3.05) is 24.1 Å². The number of rotatable bonds is 4. The highest BCUT2D eigenvalue weighted by atomic mass is 127. The van der Waals surface area contributed by atoms with Gasteiger partial charge in [0, 0.05) is 11.0 Å². The molecule has 0 amide bonds. The van der Waals surface area contributed by atoms with E-state index >= 15 is 0 Å². The van der Waals surface area contributed by atoms with Crippen molar-refractivity contribution in [1.82, 2.24) is 4.90 Å². The van der Waals surface area contributed by atoms with Crippen LogP contribution in [0.1, 0.15) is 19.8 Å². The van der Waals surface area contributed by atoms with Gasteiger partial charge in [-0.3, -0.25) is 4.79 Å². The number of hydrogen-bond acceptors (Lipinski definition) is 2. The number of alkyl halides is 1. The minimum absolute atomic E-state index is 0.0962. The maximum Gasteiger partial charge on any atom is 0.306 e. The molecule has 1 saturated heterocycles. The highest BCUT2D eigenvalue weighted by molar-refractivity contribution is 14.1. The van der Waals surface area contributed by atoms with E-state index in [-0.39, 0.29) is 5.92 Å². The number of carboxylic acid groups (broad SMARTS) is 1. The van der Waals surface area contributed by atoms with Gasteiger partial charge in [-0.25, -0.2) is 0 Å². The van der Waals surface area contributed by atoms with Crippen LogP contribution >= 0.6 is 22.6 Å². The van der Waals surface area contributed by atoms with E-state index in [9.17, 15) is 4.79 Å². The highest BCUT2D eigenvalue weighted by Gasteiger charge is 2.24. The monoisotopic (exact) mass is 311 g/mol. The normalized spacial score (nSPS) is 22.1. The average molecular weight is 311 g/mol. The molecular formula is C10H18INO2. The molecule has 1 heterocycles. The number of nitrogens with zero attached hydrogens (tertiary/aromatic N) is 1. The average Bonchev–Trinajstić information content (AvgIpc) is 2.18. The third-order valence-corrected chi connectivity index (χ3v) is 4.27. The van der Waals surface area contributed by atoms with Crippen molar-refractivity contribution in [2.24, 2.45) is 11.8 Å². The van der Waals surface area contributed by atoms with Gasteiger partial charge in [-0.1, -0.05) is 29.5 Å². The van der Waals surface area contributed by atoms with Gasteiger partial charge in [-0.2, -0.15) is 0 Å². The molecule has 0 unspecified atom stereocenters. The molecule has 0 aromatic rings. The van der Waals surface area contributed by atoms with Crippen LogP contribution in [0.5, 0.6) is 0 Å². The van der Waals surface area contributed by atoms with Gasteiger partial charge in [-0.15, -0.1) is 0 Å². The van der Waals surface area contributed by atoms with Gasteiger partial charge < -0.3 is 10.0 Å². The van der Waals surface area contributed by atoms with Crippen LogP contribution in [0.25, 0.3) is 0 Å². The number of hydrogen-bond donors (Lipinski definition) is 1. The molecule has 1 atom stereocenters. The Morgan fingerprint density at radius 2 is 2.14 bits per heavy atom. The van der Waals surface area contributed by atoms with Gasteiger partial charge in [-0.05, 0) is 31.8 Å². The maximum absolute atomic E-state index is 10.7. The van der Waals surface area contributed by atoms with Crippen LogP contribution in [0.15, 0.2) is 0 Å². The number of carbonyl (C=O) groups is 1. The number of aliphatic carboxylic acids is 1. The lowest BCUT2D eigenvalue weighted by molar-refractivity contribution is -0.143. The molecule has 0 radical (unpaired) electrons. The van der Waals surface area contributed by atoms with Crippen molar-refractivity contribution in [1.29, 1.82) is 0 Å². The predicted octanol–water partition coefficient (Wildman–Crippen LogP) is 1.85. The van der Waals surface area contributed by atoms with Gasteiger partial charge in [0.05, 0.1) is 5.92 Å². The van der Waals surface area contributed by atoms with Crippen LogP contribution in [0.3, 0.4) is 0 Å². The summed E-state index contributed by atoms with van der Waals surface area (Å²) in [6.45, 7) is 5.28. The molecule has 0 aromatic carbocycles. The van der Waals surface area contributed by atoms with Crippen LogP contribution in [-0.2, 0) is 4.79 Å². The van der Waals surface area contributed by atoms with Crippen LogP contribution < -0.4 is 0 Å². The molecule has 1 N–H and O–H groups in total. The second-order valence-electron chi connectivity index (χ2n) is 4.17. The number of carboxylic acids is 1. The Morgan fingerprint density at radius 1 is 1.57 bits per heavy atom. The highest BCUT2D eigenvalue weighted by Crippen LogP contribution is 2.18. The molecule has 1 rings (SSSR count). The number of piperidine rings is 1. The van der Waals surface area contributed by atoms with E-state index < -0.39 is 5.97 Å². The predicted molar refractivity (Wildman–Crippen MR) is 64.9 cm³/mol. The van der Waals surface area contributed by atoms with Gasteiger partial charge in [0.25, 0.3) is 0 Å². The van der Waals surface area contributed by atoms with E-state index in [4.69, 9.17) is 5.11 Å². The molecule has 0 aliphatic carbocycles. The topological polar surface area (TPSA) is 40.5 Å². The summed E-state index contributed by atoms with van der Waals surface area (Å²) in [6, 6.07) is 0. The second kappa shape index (κ2) is 5.90. The van der Waals surface area contributed by atoms with Crippen molar-refractivity contribution < 1.29 is 9.90 Å². The van der Waals surface area contributed by atoms with Gasteiger partial charge >= 0.3 is 5.97 Å². The summed E-state index contributed by atoms with van der Waals surface area (Å²) in [5.41, 5.74) is 0. The summed E-state index contributed by atoms with van der Waals surface area (Å²) in [6.07, 6.45) is 1.65. The molecule has 4 heteroatoms. The molecule has 0 saturated carbocycles. The summed E-state index contributed by atoms with van der Waals surface area (Å²) in [5.74, 6) is 0.00438. The fourth-order valence-electron chi connectivity index (χ4n) is 1.85. The summed E-state index contributed by atoms with van der Waals surface area (Å²) in [4.78, 5) is 13.1. The Morgan fingerprint density at radius 3 is 2.57 bits per heavy atom. The first-order chi connectivity index (χ1) is 6.63. The SMILES string of the molecule is C[C@H](CI)CN1CCC(C(=O)O)CC1. The minimum Gasteiger partial charge on any atom is -0.481 e. The lowest BCUT2D eigenvalue weighted by atomic mass is 9.96. The van der Waals surface area contributed by atoms with Crippen molar-refractivity contribution >= 4 is 28.6 Å². The maximum atomic E-state index is 10.7. The first-order valence-electron chi connectivity index (χ1n) is 5.14. The zero-order chi connectivity index (χ0) is 10.6. The Hall–Kier alpha value is 0.160. The van der Waals surface area contributed by atoms with Crippen molar-refractivity contribution in [3.05, 3.63) is 0 Å². The van der Waals surface area contributed by atoms with E-state index in [1.165, 1.54) is 4.43 Å².